The number of carbonyl (C=O) groups is 2. The van der Waals surface area contributed by atoms with Crippen molar-refractivity contribution in [3.05, 3.63) is 12.2 Å². The molecule has 0 saturated carbocycles. The zero-order valence-corrected chi connectivity index (χ0v) is 11.1. The van der Waals surface area contributed by atoms with E-state index in [1.807, 2.05) is 13.0 Å². The first-order valence-electron chi connectivity index (χ1n) is 6.89. The van der Waals surface area contributed by atoms with Crippen LogP contribution in [-0.2, 0) is 9.59 Å². The SMILES string of the molecule is CCCCCCCC(=O)C1C=CC(=O)CC1C. The smallest absolute Gasteiger partial charge is 0.155 e. The van der Waals surface area contributed by atoms with E-state index >= 15 is 0 Å². The molecule has 1 aliphatic rings. The Morgan fingerprint density at radius 3 is 2.65 bits per heavy atom. The predicted octanol–water partition coefficient (Wildman–Crippen LogP) is 3.70. The monoisotopic (exact) mass is 236 g/mol. The Labute approximate surface area is 104 Å². The average molecular weight is 236 g/mol. The van der Waals surface area contributed by atoms with Gasteiger partial charge >= 0.3 is 0 Å². The summed E-state index contributed by atoms with van der Waals surface area (Å²) in [4.78, 5) is 23.2. The molecular formula is C15H24O2. The van der Waals surface area contributed by atoms with Gasteiger partial charge in [0.25, 0.3) is 0 Å². The largest absolute Gasteiger partial charge is 0.299 e. The number of ketones is 2. The molecule has 0 amide bonds. The Bertz CT molecular complexity index is 291. The van der Waals surface area contributed by atoms with Gasteiger partial charge in [0.2, 0.25) is 0 Å². The summed E-state index contributed by atoms with van der Waals surface area (Å²) in [6, 6.07) is 0. The molecule has 2 unspecified atom stereocenters. The Kier molecular flexibility index (Phi) is 6.17. The lowest BCUT2D eigenvalue weighted by Crippen LogP contribution is -2.25. The number of hydrogen-bond donors (Lipinski definition) is 0. The second kappa shape index (κ2) is 7.41. The van der Waals surface area contributed by atoms with Crippen LogP contribution in [0, 0.1) is 11.8 Å². The third-order valence-electron chi connectivity index (χ3n) is 3.52. The van der Waals surface area contributed by atoms with Gasteiger partial charge in [0.1, 0.15) is 5.78 Å². The minimum absolute atomic E-state index is 0.0149. The highest BCUT2D eigenvalue weighted by atomic mass is 16.1. The molecule has 0 aromatic heterocycles. The lowest BCUT2D eigenvalue weighted by molar-refractivity contribution is -0.124. The molecule has 96 valence electrons. The first kappa shape index (κ1) is 14.1. The van der Waals surface area contributed by atoms with Crippen molar-refractivity contribution < 1.29 is 9.59 Å². The van der Waals surface area contributed by atoms with Gasteiger partial charge in [-0.3, -0.25) is 9.59 Å². The maximum absolute atomic E-state index is 12.0. The van der Waals surface area contributed by atoms with Crippen molar-refractivity contribution in [1.29, 1.82) is 0 Å². The number of hydrogen-bond acceptors (Lipinski definition) is 2. The van der Waals surface area contributed by atoms with Crippen LogP contribution >= 0.6 is 0 Å². The normalized spacial score (nSPS) is 24.0. The molecule has 0 aliphatic heterocycles. The first-order valence-corrected chi connectivity index (χ1v) is 6.89. The van der Waals surface area contributed by atoms with Crippen LogP contribution in [0.3, 0.4) is 0 Å². The van der Waals surface area contributed by atoms with Crippen LogP contribution in [0.5, 0.6) is 0 Å². The summed E-state index contributed by atoms with van der Waals surface area (Å²) < 4.78 is 0. The van der Waals surface area contributed by atoms with E-state index in [0.717, 1.165) is 12.8 Å². The van der Waals surface area contributed by atoms with E-state index in [-0.39, 0.29) is 17.6 Å². The molecule has 2 atom stereocenters. The third kappa shape index (κ3) is 4.84. The molecule has 1 rings (SSSR count). The van der Waals surface area contributed by atoms with E-state index in [9.17, 15) is 9.59 Å². The number of Topliss-reactive ketones (excluding diaryl/α,β-unsaturated/α-hetero) is 1. The van der Waals surface area contributed by atoms with Gasteiger partial charge < -0.3 is 0 Å². The van der Waals surface area contributed by atoms with Crippen LogP contribution in [0.2, 0.25) is 0 Å². The first-order chi connectivity index (χ1) is 8.15. The van der Waals surface area contributed by atoms with E-state index < -0.39 is 0 Å². The standard InChI is InChI=1S/C15H24O2/c1-3-4-5-6-7-8-15(17)14-10-9-13(16)11-12(14)2/h9-10,12,14H,3-8,11H2,1-2H3. The molecule has 0 aromatic carbocycles. The van der Waals surface area contributed by atoms with Gasteiger partial charge in [0.15, 0.2) is 5.78 Å². The van der Waals surface area contributed by atoms with E-state index in [2.05, 4.69) is 6.92 Å². The van der Waals surface area contributed by atoms with Crippen molar-refractivity contribution >= 4 is 11.6 Å². The van der Waals surface area contributed by atoms with Gasteiger partial charge in [-0.2, -0.15) is 0 Å². The molecule has 1 aliphatic carbocycles. The highest BCUT2D eigenvalue weighted by molar-refractivity contribution is 5.94. The fourth-order valence-corrected chi connectivity index (χ4v) is 2.41. The minimum atomic E-state index is -0.0149. The molecular weight excluding hydrogens is 212 g/mol. The van der Waals surface area contributed by atoms with Gasteiger partial charge in [0, 0.05) is 18.8 Å². The van der Waals surface area contributed by atoms with Crippen LogP contribution < -0.4 is 0 Å². The average Bonchev–Trinajstić information content (AvgIpc) is 2.28. The van der Waals surface area contributed by atoms with Gasteiger partial charge in [-0.05, 0) is 18.4 Å². The summed E-state index contributed by atoms with van der Waals surface area (Å²) in [5.41, 5.74) is 0. The van der Waals surface area contributed by atoms with Crippen molar-refractivity contribution in [2.24, 2.45) is 11.8 Å². The molecule has 0 radical (unpaired) electrons. The highest BCUT2D eigenvalue weighted by Gasteiger charge is 2.26. The van der Waals surface area contributed by atoms with Gasteiger partial charge in [-0.15, -0.1) is 0 Å². The Morgan fingerprint density at radius 2 is 2.00 bits per heavy atom. The maximum Gasteiger partial charge on any atom is 0.155 e. The van der Waals surface area contributed by atoms with Crippen LogP contribution in [0.15, 0.2) is 12.2 Å². The summed E-state index contributed by atoms with van der Waals surface area (Å²) >= 11 is 0. The number of allylic oxidation sites excluding steroid dienone is 2. The zero-order chi connectivity index (χ0) is 12.7. The lowest BCUT2D eigenvalue weighted by Gasteiger charge is -2.22. The summed E-state index contributed by atoms with van der Waals surface area (Å²) in [5.74, 6) is 0.650. The van der Waals surface area contributed by atoms with Crippen molar-refractivity contribution in [3.8, 4) is 0 Å². The summed E-state index contributed by atoms with van der Waals surface area (Å²) in [7, 11) is 0. The maximum atomic E-state index is 12.0. The predicted molar refractivity (Wildman–Crippen MR) is 69.8 cm³/mol. The fraction of sp³-hybridized carbons (Fsp3) is 0.733. The zero-order valence-electron chi connectivity index (χ0n) is 11.1. The Morgan fingerprint density at radius 1 is 1.29 bits per heavy atom. The molecule has 0 bridgehead atoms. The molecule has 2 nitrogen and oxygen atoms in total. The van der Waals surface area contributed by atoms with E-state index in [0.29, 0.717) is 18.6 Å². The molecule has 2 heteroatoms. The number of rotatable bonds is 7. The van der Waals surface area contributed by atoms with Crippen LogP contribution in [-0.4, -0.2) is 11.6 Å². The lowest BCUT2D eigenvalue weighted by atomic mass is 9.81. The van der Waals surface area contributed by atoms with Crippen LogP contribution in [0.4, 0.5) is 0 Å². The fourth-order valence-electron chi connectivity index (χ4n) is 2.41. The Balaban J connectivity index is 2.27. The number of carbonyl (C=O) groups excluding carboxylic acids is 2. The molecule has 0 N–H and O–H groups in total. The second-order valence-electron chi connectivity index (χ2n) is 5.16. The van der Waals surface area contributed by atoms with Crippen molar-refractivity contribution in [2.75, 3.05) is 0 Å². The van der Waals surface area contributed by atoms with Crippen molar-refractivity contribution in [1.82, 2.24) is 0 Å². The third-order valence-corrected chi connectivity index (χ3v) is 3.52. The summed E-state index contributed by atoms with van der Waals surface area (Å²) in [6.07, 6.45) is 10.5. The van der Waals surface area contributed by atoms with Crippen LogP contribution in [0.1, 0.15) is 58.8 Å². The summed E-state index contributed by atoms with van der Waals surface area (Å²) in [6.45, 7) is 4.19. The van der Waals surface area contributed by atoms with Gasteiger partial charge in [-0.1, -0.05) is 45.6 Å². The highest BCUT2D eigenvalue weighted by Crippen LogP contribution is 2.25. The molecule has 0 heterocycles. The van der Waals surface area contributed by atoms with Crippen LogP contribution in [0.25, 0.3) is 0 Å². The van der Waals surface area contributed by atoms with E-state index in [1.54, 1.807) is 6.08 Å². The van der Waals surface area contributed by atoms with Gasteiger partial charge in [0.05, 0.1) is 0 Å². The van der Waals surface area contributed by atoms with Crippen molar-refractivity contribution in [2.45, 2.75) is 58.8 Å². The van der Waals surface area contributed by atoms with E-state index in [4.69, 9.17) is 0 Å². The summed E-state index contributed by atoms with van der Waals surface area (Å²) in [5, 5.41) is 0. The topological polar surface area (TPSA) is 34.1 Å². The van der Waals surface area contributed by atoms with E-state index in [1.165, 1.54) is 19.3 Å². The number of unbranched alkanes of at least 4 members (excludes halogenated alkanes) is 4. The molecule has 0 spiro atoms. The quantitative estimate of drug-likeness (QED) is 0.632. The van der Waals surface area contributed by atoms with Crippen molar-refractivity contribution in [3.63, 3.8) is 0 Å². The minimum Gasteiger partial charge on any atom is -0.299 e. The molecule has 17 heavy (non-hydrogen) atoms. The van der Waals surface area contributed by atoms with Gasteiger partial charge in [-0.25, -0.2) is 0 Å². The molecule has 0 saturated heterocycles. The Hall–Kier alpha value is -0.920. The second-order valence-corrected chi connectivity index (χ2v) is 5.16. The molecule has 0 fully saturated rings. The molecule has 0 aromatic rings.